The summed E-state index contributed by atoms with van der Waals surface area (Å²) >= 11 is 12.1. The Labute approximate surface area is 214 Å². The Bertz CT molecular complexity index is 1180. The first-order chi connectivity index (χ1) is 16.9. The maximum Gasteiger partial charge on any atom is 0.263 e. The molecule has 0 spiro atoms. The minimum Gasteiger partial charge on any atom is -0.493 e. The number of aromatic nitrogens is 2. The van der Waals surface area contributed by atoms with E-state index in [9.17, 15) is 4.79 Å². The summed E-state index contributed by atoms with van der Waals surface area (Å²) in [7, 11) is 3.20. The highest BCUT2D eigenvalue weighted by Gasteiger charge is 2.27. The number of anilines is 1. The van der Waals surface area contributed by atoms with Crippen LogP contribution in [0.25, 0.3) is 11.3 Å². The van der Waals surface area contributed by atoms with Crippen LogP contribution in [0, 0.1) is 0 Å². The molecule has 2 heterocycles. The average molecular weight is 517 g/mol. The molecule has 1 unspecified atom stereocenters. The number of hydrogen-bond acceptors (Lipinski definition) is 7. The van der Waals surface area contributed by atoms with Crippen molar-refractivity contribution in [2.45, 2.75) is 13.0 Å². The topological polar surface area (TPSA) is 77.0 Å². The van der Waals surface area contributed by atoms with E-state index in [2.05, 4.69) is 15.1 Å². The lowest BCUT2D eigenvalue weighted by atomic mass is 10.1. The second-order valence-electron chi connectivity index (χ2n) is 7.99. The van der Waals surface area contributed by atoms with Crippen LogP contribution in [0.3, 0.4) is 0 Å². The van der Waals surface area contributed by atoms with Crippen molar-refractivity contribution in [2.24, 2.45) is 0 Å². The highest BCUT2D eigenvalue weighted by atomic mass is 35.5. The van der Waals surface area contributed by atoms with Crippen LogP contribution >= 0.6 is 23.2 Å². The second kappa shape index (κ2) is 11.0. The molecule has 0 bridgehead atoms. The molecule has 35 heavy (non-hydrogen) atoms. The molecule has 1 amide bonds. The predicted molar refractivity (Wildman–Crippen MR) is 136 cm³/mol. The first-order valence-electron chi connectivity index (χ1n) is 11.1. The van der Waals surface area contributed by atoms with Crippen LogP contribution in [-0.2, 0) is 4.79 Å². The number of methoxy groups -OCH3 is 2. The molecule has 10 heteroatoms. The van der Waals surface area contributed by atoms with E-state index >= 15 is 0 Å². The molecule has 0 saturated carbocycles. The Morgan fingerprint density at radius 1 is 0.886 bits per heavy atom. The average Bonchev–Trinajstić information content (AvgIpc) is 2.89. The van der Waals surface area contributed by atoms with Crippen molar-refractivity contribution in [3.63, 3.8) is 0 Å². The van der Waals surface area contributed by atoms with Gasteiger partial charge in [0.2, 0.25) is 0 Å². The fourth-order valence-electron chi connectivity index (χ4n) is 3.87. The lowest BCUT2D eigenvalue weighted by molar-refractivity contribution is -0.138. The maximum atomic E-state index is 12.9. The number of hydrogen-bond donors (Lipinski definition) is 0. The SMILES string of the molecule is COc1ccc(-c2ccc(N3CCN(C(=O)C(C)Oc4ccc(Cl)cc4Cl)CC3)nn2)cc1OC. The number of ether oxygens (including phenoxy) is 3. The molecule has 0 radical (unpaired) electrons. The molecule has 1 atom stereocenters. The van der Waals surface area contributed by atoms with Crippen LogP contribution in [0.4, 0.5) is 5.82 Å². The van der Waals surface area contributed by atoms with Gasteiger partial charge in [-0.05, 0) is 55.5 Å². The van der Waals surface area contributed by atoms with Crippen LogP contribution in [0.5, 0.6) is 17.2 Å². The zero-order valence-electron chi connectivity index (χ0n) is 19.7. The van der Waals surface area contributed by atoms with E-state index in [4.69, 9.17) is 37.4 Å². The van der Waals surface area contributed by atoms with Crippen LogP contribution in [-0.4, -0.2) is 67.5 Å². The normalized spacial score (nSPS) is 14.4. The quantitative estimate of drug-likeness (QED) is 0.454. The second-order valence-corrected chi connectivity index (χ2v) is 8.84. The van der Waals surface area contributed by atoms with Gasteiger partial charge in [-0.3, -0.25) is 4.79 Å². The minimum absolute atomic E-state index is 0.0921. The van der Waals surface area contributed by atoms with Gasteiger partial charge in [-0.1, -0.05) is 23.2 Å². The fourth-order valence-corrected chi connectivity index (χ4v) is 4.32. The van der Waals surface area contributed by atoms with E-state index < -0.39 is 6.10 Å². The van der Waals surface area contributed by atoms with E-state index in [1.54, 1.807) is 44.2 Å². The minimum atomic E-state index is -0.666. The lowest BCUT2D eigenvalue weighted by Gasteiger charge is -2.36. The van der Waals surface area contributed by atoms with Gasteiger partial charge >= 0.3 is 0 Å². The summed E-state index contributed by atoms with van der Waals surface area (Å²) in [6.45, 7) is 4.12. The molecule has 1 saturated heterocycles. The van der Waals surface area contributed by atoms with Crippen molar-refractivity contribution in [2.75, 3.05) is 45.3 Å². The molecule has 0 N–H and O–H groups in total. The van der Waals surface area contributed by atoms with E-state index in [-0.39, 0.29) is 5.91 Å². The lowest BCUT2D eigenvalue weighted by Crippen LogP contribution is -2.52. The Morgan fingerprint density at radius 2 is 1.60 bits per heavy atom. The predicted octanol–water partition coefficient (Wildman–Crippen LogP) is 4.58. The zero-order chi connectivity index (χ0) is 24.9. The number of halogens is 2. The van der Waals surface area contributed by atoms with Gasteiger partial charge in [0, 0.05) is 36.8 Å². The van der Waals surface area contributed by atoms with Gasteiger partial charge in [-0.25, -0.2) is 0 Å². The van der Waals surface area contributed by atoms with Crippen molar-refractivity contribution < 1.29 is 19.0 Å². The maximum absolute atomic E-state index is 12.9. The van der Waals surface area contributed by atoms with Crippen molar-refractivity contribution in [3.05, 3.63) is 58.6 Å². The largest absolute Gasteiger partial charge is 0.493 e. The zero-order valence-corrected chi connectivity index (χ0v) is 21.2. The molecule has 2 aromatic carbocycles. The summed E-state index contributed by atoms with van der Waals surface area (Å²) in [5.74, 6) is 2.39. The van der Waals surface area contributed by atoms with Gasteiger partial charge in [0.15, 0.2) is 23.4 Å². The van der Waals surface area contributed by atoms with Crippen molar-refractivity contribution >= 4 is 34.9 Å². The van der Waals surface area contributed by atoms with E-state index in [1.807, 2.05) is 30.3 Å². The molecule has 4 rings (SSSR count). The standard InChI is InChI=1S/C25H26Cl2N4O4/c1-16(35-21-8-5-18(26)15-19(21)27)25(32)31-12-10-30(11-13-31)24-9-6-20(28-29-24)17-4-7-22(33-2)23(14-17)34-3/h4-9,14-16H,10-13H2,1-3H3. The molecular formula is C25H26Cl2N4O4. The monoisotopic (exact) mass is 516 g/mol. The van der Waals surface area contributed by atoms with E-state index in [1.165, 1.54) is 0 Å². The van der Waals surface area contributed by atoms with Crippen LogP contribution < -0.4 is 19.1 Å². The molecule has 1 aromatic heterocycles. The molecule has 3 aromatic rings. The summed E-state index contributed by atoms with van der Waals surface area (Å²) in [6.07, 6.45) is -0.666. The van der Waals surface area contributed by atoms with E-state index in [0.717, 1.165) is 17.1 Å². The number of amides is 1. The fraction of sp³-hybridized carbons (Fsp3) is 0.320. The third-order valence-corrected chi connectivity index (χ3v) is 6.32. The van der Waals surface area contributed by atoms with Gasteiger partial charge < -0.3 is 24.0 Å². The molecular weight excluding hydrogens is 491 g/mol. The number of piperazine rings is 1. The highest BCUT2D eigenvalue weighted by Crippen LogP contribution is 2.32. The van der Waals surface area contributed by atoms with Crippen LogP contribution in [0.15, 0.2) is 48.5 Å². The number of nitrogens with zero attached hydrogens (tertiary/aromatic N) is 4. The van der Waals surface area contributed by atoms with Gasteiger partial charge in [0.25, 0.3) is 5.91 Å². The number of rotatable bonds is 7. The van der Waals surface area contributed by atoms with E-state index in [0.29, 0.717) is 53.5 Å². The summed E-state index contributed by atoms with van der Waals surface area (Å²) in [5, 5.41) is 9.68. The molecule has 1 aliphatic rings. The smallest absolute Gasteiger partial charge is 0.263 e. The number of carbonyl (C=O) groups is 1. The van der Waals surface area contributed by atoms with Crippen LogP contribution in [0.1, 0.15) is 6.92 Å². The number of benzene rings is 2. The van der Waals surface area contributed by atoms with Gasteiger partial charge in [-0.15, -0.1) is 10.2 Å². The number of carbonyl (C=O) groups excluding carboxylic acids is 1. The van der Waals surface area contributed by atoms with Gasteiger partial charge in [-0.2, -0.15) is 0 Å². The van der Waals surface area contributed by atoms with Crippen molar-refractivity contribution in [1.29, 1.82) is 0 Å². The molecule has 8 nitrogen and oxygen atoms in total. The third-order valence-electron chi connectivity index (χ3n) is 5.79. The van der Waals surface area contributed by atoms with Crippen molar-refractivity contribution in [3.8, 4) is 28.5 Å². The first kappa shape index (κ1) is 24.9. The Morgan fingerprint density at radius 3 is 2.23 bits per heavy atom. The highest BCUT2D eigenvalue weighted by molar-refractivity contribution is 6.35. The van der Waals surface area contributed by atoms with Crippen molar-refractivity contribution in [1.82, 2.24) is 15.1 Å². The third kappa shape index (κ3) is 5.71. The molecule has 0 aliphatic carbocycles. The summed E-state index contributed by atoms with van der Waals surface area (Å²) in [6, 6.07) is 14.4. The summed E-state index contributed by atoms with van der Waals surface area (Å²) < 4.78 is 16.4. The molecule has 184 valence electrons. The Hall–Kier alpha value is -3.23. The molecule has 1 aliphatic heterocycles. The summed E-state index contributed by atoms with van der Waals surface area (Å²) in [5.41, 5.74) is 1.61. The van der Waals surface area contributed by atoms with Gasteiger partial charge in [0.1, 0.15) is 5.75 Å². The van der Waals surface area contributed by atoms with Gasteiger partial charge in [0.05, 0.1) is 24.9 Å². The Balaban J connectivity index is 1.35. The van der Waals surface area contributed by atoms with Crippen LogP contribution in [0.2, 0.25) is 10.0 Å². The molecule has 1 fully saturated rings. The Kier molecular flexibility index (Phi) is 7.83. The summed E-state index contributed by atoms with van der Waals surface area (Å²) in [4.78, 5) is 16.8. The first-order valence-corrected chi connectivity index (χ1v) is 11.9.